The van der Waals surface area contributed by atoms with E-state index in [2.05, 4.69) is 6.07 Å². The molecule has 1 heterocycles. The molecule has 2 aromatic carbocycles. The zero-order valence-electron chi connectivity index (χ0n) is 10.1. The Hall–Kier alpha value is -2.89. The molecule has 0 bridgehead atoms. The molecule has 1 aromatic heterocycles. The molecule has 5 nitrogen and oxygen atoms in total. The summed E-state index contributed by atoms with van der Waals surface area (Å²) in [5.74, 6) is -0.805. The predicted octanol–water partition coefficient (Wildman–Crippen LogP) is 3.18. The summed E-state index contributed by atoms with van der Waals surface area (Å²) in [6.07, 6.45) is 1.36. The Morgan fingerprint density at radius 3 is 2.75 bits per heavy atom. The zero-order valence-corrected chi connectivity index (χ0v) is 10.1. The van der Waals surface area contributed by atoms with Gasteiger partial charge < -0.3 is 9.67 Å². The summed E-state index contributed by atoms with van der Waals surface area (Å²) in [5, 5.41) is 21.4. The smallest absolute Gasteiger partial charge is 0.304 e. The maximum Gasteiger partial charge on any atom is 0.304 e. The second kappa shape index (κ2) is 4.34. The molecule has 0 spiro atoms. The van der Waals surface area contributed by atoms with E-state index in [0.717, 1.165) is 6.07 Å². The number of hydrogen-bond acceptors (Lipinski definition) is 3. The first-order valence-electron chi connectivity index (χ1n) is 5.73. The highest BCUT2D eigenvalue weighted by molar-refractivity contribution is 5.88. The number of para-hydroxylation sites is 1. The van der Waals surface area contributed by atoms with Gasteiger partial charge in [-0.1, -0.05) is 12.1 Å². The molecule has 0 saturated heterocycles. The van der Waals surface area contributed by atoms with Gasteiger partial charge in [0.1, 0.15) is 23.3 Å². The molecule has 0 amide bonds. The van der Waals surface area contributed by atoms with Gasteiger partial charge in [-0.15, -0.1) is 0 Å². The van der Waals surface area contributed by atoms with E-state index in [1.807, 2.05) is 0 Å². The van der Waals surface area contributed by atoms with Crippen molar-refractivity contribution < 1.29 is 14.4 Å². The minimum atomic E-state index is -0.805. The van der Waals surface area contributed by atoms with Crippen molar-refractivity contribution in [1.82, 2.24) is 4.57 Å². The molecule has 6 heteroatoms. The van der Waals surface area contributed by atoms with E-state index in [-0.39, 0.29) is 11.4 Å². The lowest BCUT2D eigenvalue weighted by Crippen LogP contribution is -2.00. The molecule has 0 aliphatic heterocycles. The summed E-state index contributed by atoms with van der Waals surface area (Å²) in [6.45, 7) is 0. The highest BCUT2D eigenvalue weighted by atomic mass is 19.1. The number of halogens is 1. The number of nitro groups is 1. The largest absolute Gasteiger partial charge is 0.506 e. The molecule has 0 fully saturated rings. The van der Waals surface area contributed by atoms with Crippen LogP contribution in [-0.2, 0) is 0 Å². The Labute approximate surface area is 112 Å². The average molecular weight is 271 g/mol. The summed E-state index contributed by atoms with van der Waals surface area (Å²) in [4.78, 5) is 10.3. The number of hydrogen-bond donors (Lipinski definition) is 1. The highest BCUT2D eigenvalue weighted by Gasteiger charge is 2.19. The van der Waals surface area contributed by atoms with Crippen LogP contribution in [0.15, 0.2) is 42.6 Å². The monoisotopic (exact) mass is 271 g/mol. The summed E-state index contributed by atoms with van der Waals surface area (Å²) >= 11 is 0. The van der Waals surface area contributed by atoms with Gasteiger partial charge in [0, 0.05) is 5.39 Å². The van der Waals surface area contributed by atoms with Crippen molar-refractivity contribution >= 4 is 16.6 Å². The standard InChI is InChI=1S/C14H8FN2O3/c15-9-5-6-12(13(7-9)17(19)20)16-8-14(18)10-3-1-2-4-11(10)16/h1-6,8,18H. The Morgan fingerprint density at radius 1 is 1.25 bits per heavy atom. The molecule has 0 unspecified atom stereocenters. The lowest BCUT2D eigenvalue weighted by Gasteiger charge is -2.05. The molecule has 99 valence electrons. The molecular formula is C14H8FN2O3. The Morgan fingerprint density at radius 2 is 2.00 bits per heavy atom. The van der Waals surface area contributed by atoms with Gasteiger partial charge >= 0.3 is 5.69 Å². The van der Waals surface area contributed by atoms with Crippen molar-refractivity contribution in [3.63, 3.8) is 0 Å². The SMILES string of the molecule is O=[N+]([O-])c1[c]c(F)ccc1-n1cc(O)c2ccccc21. The van der Waals surface area contributed by atoms with Crippen LogP contribution in [0.3, 0.4) is 0 Å². The third-order valence-corrected chi connectivity index (χ3v) is 3.00. The van der Waals surface area contributed by atoms with Gasteiger partial charge in [0.2, 0.25) is 0 Å². The molecule has 0 saturated carbocycles. The number of aromatic nitrogens is 1. The lowest BCUT2D eigenvalue weighted by atomic mass is 10.2. The van der Waals surface area contributed by atoms with Gasteiger partial charge in [0.15, 0.2) is 0 Å². The van der Waals surface area contributed by atoms with E-state index in [9.17, 15) is 19.6 Å². The van der Waals surface area contributed by atoms with Crippen molar-refractivity contribution in [2.24, 2.45) is 0 Å². The highest BCUT2D eigenvalue weighted by Crippen LogP contribution is 2.32. The topological polar surface area (TPSA) is 68.3 Å². The molecular weight excluding hydrogens is 263 g/mol. The van der Waals surface area contributed by atoms with Crippen LogP contribution < -0.4 is 0 Å². The van der Waals surface area contributed by atoms with Crippen LogP contribution in [0.2, 0.25) is 0 Å². The maximum atomic E-state index is 13.1. The Kier molecular flexibility index (Phi) is 2.64. The average Bonchev–Trinajstić information content (AvgIpc) is 2.77. The third kappa shape index (κ3) is 1.78. The van der Waals surface area contributed by atoms with Crippen molar-refractivity contribution in [2.75, 3.05) is 0 Å². The minimum absolute atomic E-state index is 0.000719. The molecule has 0 aliphatic carbocycles. The summed E-state index contributed by atoms with van der Waals surface area (Å²) in [7, 11) is 0. The second-order valence-corrected chi connectivity index (χ2v) is 4.20. The first-order chi connectivity index (χ1) is 9.58. The van der Waals surface area contributed by atoms with Crippen LogP contribution in [0.4, 0.5) is 10.1 Å². The normalized spacial score (nSPS) is 10.8. The first kappa shape index (κ1) is 12.2. The second-order valence-electron chi connectivity index (χ2n) is 4.20. The molecule has 1 radical (unpaired) electrons. The Bertz CT molecular complexity index is 826. The minimum Gasteiger partial charge on any atom is -0.506 e. The number of fused-ring (bicyclic) bond motifs is 1. The molecule has 3 aromatic rings. The lowest BCUT2D eigenvalue weighted by molar-refractivity contribution is -0.385. The van der Waals surface area contributed by atoms with E-state index in [1.54, 1.807) is 24.3 Å². The van der Waals surface area contributed by atoms with E-state index in [1.165, 1.54) is 16.8 Å². The number of aromatic hydroxyl groups is 1. The van der Waals surface area contributed by atoms with Gasteiger partial charge in [0.25, 0.3) is 0 Å². The summed E-state index contributed by atoms with van der Waals surface area (Å²) in [5.41, 5.74) is 0.256. The third-order valence-electron chi connectivity index (χ3n) is 3.00. The summed E-state index contributed by atoms with van der Waals surface area (Å²) in [6, 6.07) is 11.4. The van der Waals surface area contributed by atoms with Gasteiger partial charge in [-0.2, -0.15) is 0 Å². The predicted molar refractivity (Wildman–Crippen MR) is 70.4 cm³/mol. The van der Waals surface area contributed by atoms with Crippen LogP contribution in [0, 0.1) is 22.0 Å². The molecule has 1 N–H and O–H groups in total. The molecule has 20 heavy (non-hydrogen) atoms. The summed E-state index contributed by atoms with van der Waals surface area (Å²) < 4.78 is 14.6. The fourth-order valence-corrected chi connectivity index (χ4v) is 2.14. The van der Waals surface area contributed by atoms with Gasteiger partial charge in [-0.3, -0.25) is 10.1 Å². The van der Waals surface area contributed by atoms with E-state index in [4.69, 9.17) is 0 Å². The van der Waals surface area contributed by atoms with Crippen molar-refractivity contribution in [2.45, 2.75) is 0 Å². The van der Waals surface area contributed by atoms with Gasteiger partial charge in [-0.25, -0.2) is 4.39 Å². The van der Waals surface area contributed by atoms with Crippen LogP contribution in [-0.4, -0.2) is 14.6 Å². The Balaban J connectivity index is 2.34. The fraction of sp³-hybridized carbons (Fsp3) is 0. The number of nitro benzene ring substituents is 1. The van der Waals surface area contributed by atoms with Crippen molar-refractivity contribution in [3.05, 3.63) is 64.6 Å². The zero-order chi connectivity index (χ0) is 14.3. The van der Waals surface area contributed by atoms with Crippen molar-refractivity contribution in [3.8, 4) is 11.4 Å². The van der Waals surface area contributed by atoms with E-state index in [0.29, 0.717) is 10.9 Å². The van der Waals surface area contributed by atoms with E-state index < -0.39 is 16.4 Å². The quantitative estimate of drug-likeness (QED) is 0.575. The fourth-order valence-electron chi connectivity index (χ4n) is 2.14. The number of benzene rings is 2. The van der Waals surface area contributed by atoms with Crippen molar-refractivity contribution in [1.29, 1.82) is 0 Å². The van der Waals surface area contributed by atoms with Crippen LogP contribution in [0.5, 0.6) is 5.75 Å². The first-order valence-corrected chi connectivity index (χ1v) is 5.73. The maximum absolute atomic E-state index is 13.1. The van der Waals surface area contributed by atoms with Gasteiger partial charge in [0.05, 0.1) is 16.6 Å². The van der Waals surface area contributed by atoms with Crippen LogP contribution in [0.25, 0.3) is 16.6 Å². The number of nitrogens with zero attached hydrogens (tertiary/aromatic N) is 2. The molecule has 0 atom stereocenters. The molecule has 3 rings (SSSR count). The van der Waals surface area contributed by atoms with E-state index >= 15 is 0 Å². The number of rotatable bonds is 2. The van der Waals surface area contributed by atoms with Gasteiger partial charge in [-0.05, 0) is 24.3 Å². The molecule has 0 aliphatic rings. The van der Waals surface area contributed by atoms with Crippen LogP contribution in [0.1, 0.15) is 0 Å². The van der Waals surface area contributed by atoms with Crippen LogP contribution >= 0.6 is 0 Å².